The van der Waals surface area contributed by atoms with Gasteiger partial charge < -0.3 is 9.13 Å². The first-order valence-electron chi connectivity index (χ1n) is 19.0. The average Bonchev–Trinajstić information content (AvgIpc) is 3.98. The van der Waals surface area contributed by atoms with Crippen LogP contribution in [0.5, 0.6) is 0 Å². The Balaban J connectivity index is 0.994. The summed E-state index contributed by atoms with van der Waals surface area (Å²) in [5.74, 6) is 0. The van der Waals surface area contributed by atoms with Gasteiger partial charge in [0.1, 0.15) is 0 Å². The van der Waals surface area contributed by atoms with Crippen LogP contribution in [0, 0.1) is 0 Å². The Hall–Kier alpha value is -6.68. The lowest BCUT2D eigenvalue weighted by Crippen LogP contribution is -2.07. The first-order valence-corrected chi connectivity index (χ1v) is 19.9. The van der Waals surface area contributed by atoms with Crippen LogP contribution in [0.15, 0.2) is 200 Å². The summed E-state index contributed by atoms with van der Waals surface area (Å²) in [4.78, 5) is 2.53. The summed E-state index contributed by atoms with van der Waals surface area (Å²) in [5, 5.41) is 5.15. The molecule has 1 atom stereocenters. The van der Waals surface area contributed by atoms with Gasteiger partial charge in [-0.3, -0.25) is 0 Å². The number of aromatic nitrogens is 2. The molecule has 0 fully saturated rings. The molecule has 3 heteroatoms. The van der Waals surface area contributed by atoms with Crippen LogP contribution in [0.3, 0.4) is 0 Å². The Morgan fingerprint density at radius 2 is 0.982 bits per heavy atom. The second-order valence-electron chi connectivity index (χ2n) is 14.4. The van der Waals surface area contributed by atoms with Gasteiger partial charge >= 0.3 is 0 Å². The fourth-order valence-corrected chi connectivity index (χ4v) is 9.81. The molecule has 0 bridgehead atoms. The van der Waals surface area contributed by atoms with Gasteiger partial charge in [-0.1, -0.05) is 152 Å². The Morgan fingerprint density at radius 3 is 1.65 bits per heavy atom. The van der Waals surface area contributed by atoms with Gasteiger partial charge in [0.05, 0.1) is 22.6 Å². The first-order chi connectivity index (χ1) is 27.3. The number of benzene rings is 7. The molecular formula is C52H36N2S. The van der Waals surface area contributed by atoms with Crippen molar-refractivity contribution in [3.8, 4) is 48.8 Å². The highest BCUT2D eigenvalue weighted by Crippen LogP contribution is 2.43. The van der Waals surface area contributed by atoms with Gasteiger partial charge in [-0.2, -0.15) is 0 Å². The monoisotopic (exact) mass is 720 g/mol. The Morgan fingerprint density at radius 1 is 0.436 bits per heavy atom. The minimum Gasteiger partial charge on any atom is -0.333 e. The van der Waals surface area contributed by atoms with E-state index in [2.05, 4.69) is 209 Å². The quantitative estimate of drug-likeness (QED) is 0.162. The molecule has 7 aromatic carbocycles. The first kappa shape index (κ1) is 31.8. The number of hydrogen-bond donors (Lipinski definition) is 0. The number of rotatable bonds is 6. The molecule has 11 rings (SSSR count). The summed E-state index contributed by atoms with van der Waals surface area (Å²) in [6.07, 6.45) is 9.96. The average molecular weight is 721 g/mol. The van der Waals surface area contributed by atoms with E-state index in [-0.39, 0.29) is 6.04 Å². The highest BCUT2D eigenvalue weighted by atomic mass is 32.1. The molecule has 1 aliphatic rings. The number of fused-ring (bicyclic) bond motifs is 6. The fraction of sp³-hybridized carbons (Fsp3) is 0.0385. The number of hydrogen-bond acceptors (Lipinski definition) is 1. The van der Waals surface area contributed by atoms with Crippen LogP contribution in [-0.2, 0) is 0 Å². The smallest absolute Gasteiger partial charge is 0.0619 e. The summed E-state index contributed by atoms with van der Waals surface area (Å²) < 4.78 is 4.98. The molecule has 0 aliphatic heterocycles. The topological polar surface area (TPSA) is 9.86 Å². The lowest BCUT2D eigenvalue weighted by Gasteiger charge is -2.20. The van der Waals surface area contributed by atoms with Gasteiger partial charge in [0.25, 0.3) is 0 Å². The van der Waals surface area contributed by atoms with Crippen molar-refractivity contribution >= 4 is 54.9 Å². The van der Waals surface area contributed by atoms with Crippen molar-refractivity contribution in [1.82, 2.24) is 9.13 Å². The van der Waals surface area contributed by atoms with Crippen molar-refractivity contribution in [2.45, 2.75) is 12.5 Å². The van der Waals surface area contributed by atoms with Crippen molar-refractivity contribution in [3.05, 3.63) is 200 Å². The minimum atomic E-state index is 0.279. The van der Waals surface area contributed by atoms with Crippen LogP contribution in [0.1, 0.15) is 12.5 Å². The van der Waals surface area contributed by atoms with E-state index in [0.717, 1.165) is 6.42 Å². The zero-order valence-corrected chi connectivity index (χ0v) is 31.0. The highest BCUT2D eigenvalue weighted by Gasteiger charge is 2.21. The predicted molar refractivity (Wildman–Crippen MR) is 235 cm³/mol. The molecule has 0 saturated carbocycles. The summed E-state index contributed by atoms with van der Waals surface area (Å²) in [6, 6.07) is 64.9. The third kappa shape index (κ3) is 5.23. The second-order valence-corrected chi connectivity index (χ2v) is 15.5. The van der Waals surface area contributed by atoms with Gasteiger partial charge in [0.2, 0.25) is 0 Å². The van der Waals surface area contributed by atoms with Gasteiger partial charge in [-0.15, -0.1) is 11.3 Å². The zero-order valence-electron chi connectivity index (χ0n) is 30.1. The molecule has 260 valence electrons. The summed E-state index contributed by atoms with van der Waals surface area (Å²) >= 11 is 1.86. The second kappa shape index (κ2) is 13.0. The van der Waals surface area contributed by atoms with Crippen LogP contribution in [0.2, 0.25) is 0 Å². The van der Waals surface area contributed by atoms with E-state index in [1.807, 2.05) is 11.3 Å². The van der Waals surface area contributed by atoms with Crippen molar-refractivity contribution in [2.24, 2.45) is 0 Å². The normalized spacial score (nSPS) is 14.1. The minimum absolute atomic E-state index is 0.279. The molecule has 0 spiro atoms. The van der Waals surface area contributed by atoms with Gasteiger partial charge in [0.15, 0.2) is 0 Å². The molecule has 2 nitrogen and oxygen atoms in total. The van der Waals surface area contributed by atoms with E-state index in [1.165, 1.54) is 92.4 Å². The molecule has 0 saturated heterocycles. The zero-order chi connectivity index (χ0) is 36.3. The van der Waals surface area contributed by atoms with Crippen molar-refractivity contribution in [3.63, 3.8) is 0 Å². The van der Waals surface area contributed by atoms with Crippen LogP contribution in [0.25, 0.3) is 92.4 Å². The lowest BCUT2D eigenvalue weighted by atomic mass is 9.99. The van der Waals surface area contributed by atoms with E-state index >= 15 is 0 Å². The molecule has 1 aliphatic carbocycles. The van der Waals surface area contributed by atoms with Crippen molar-refractivity contribution < 1.29 is 0 Å². The van der Waals surface area contributed by atoms with E-state index in [4.69, 9.17) is 0 Å². The molecule has 0 radical (unpaired) electrons. The molecule has 10 aromatic rings. The van der Waals surface area contributed by atoms with Crippen LogP contribution in [0.4, 0.5) is 0 Å². The van der Waals surface area contributed by atoms with E-state index in [0.29, 0.717) is 0 Å². The largest absolute Gasteiger partial charge is 0.333 e. The third-order valence-corrected chi connectivity index (χ3v) is 12.4. The number of allylic oxidation sites excluding steroid dienone is 4. The maximum Gasteiger partial charge on any atom is 0.0619 e. The molecule has 0 amide bonds. The summed E-state index contributed by atoms with van der Waals surface area (Å²) in [5.41, 5.74) is 13.6. The Kier molecular flexibility index (Phi) is 7.53. The van der Waals surface area contributed by atoms with Crippen LogP contribution in [-0.4, -0.2) is 9.13 Å². The molecular weight excluding hydrogens is 685 g/mol. The lowest BCUT2D eigenvalue weighted by molar-refractivity contribution is 0.648. The van der Waals surface area contributed by atoms with Crippen LogP contribution >= 0.6 is 11.3 Å². The van der Waals surface area contributed by atoms with E-state index in [9.17, 15) is 0 Å². The van der Waals surface area contributed by atoms with Gasteiger partial charge in [-0.25, -0.2) is 0 Å². The Labute approximate surface area is 324 Å². The molecule has 3 heterocycles. The number of para-hydroxylation sites is 5. The highest BCUT2D eigenvalue weighted by molar-refractivity contribution is 7.18. The van der Waals surface area contributed by atoms with Crippen LogP contribution < -0.4 is 0 Å². The summed E-state index contributed by atoms with van der Waals surface area (Å²) in [7, 11) is 0. The SMILES string of the molecule is C1=CCC(n2c3ccccc3c3cccc(-c4cccc(-c5ccc(-c6cccc(-c7cccc8c9ccccc9n(-c9ccccc9)c78)c6)s5)c4)c32)C=C1. The van der Waals surface area contributed by atoms with E-state index < -0.39 is 0 Å². The number of thiophene rings is 1. The predicted octanol–water partition coefficient (Wildman–Crippen LogP) is 14.7. The molecule has 55 heavy (non-hydrogen) atoms. The molecule has 0 N–H and O–H groups in total. The summed E-state index contributed by atoms with van der Waals surface area (Å²) in [6.45, 7) is 0. The van der Waals surface area contributed by atoms with Crippen molar-refractivity contribution in [2.75, 3.05) is 0 Å². The molecule has 1 unspecified atom stereocenters. The number of nitrogens with zero attached hydrogens (tertiary/aromatic N) is 2. The van der Waals surface area contributed by atoms with E-state index in [1.54, 1.807) is 0 Å². The Bertz CT molecular complexity index is 3130. The standard InChI is InChI=1S/C52H36N2S/c1-3-19-39(20-4-1)53-47-29-9-7-23-43(47)45-27-13-25-41(51(45)53)35-15-11-17-37(33-35)49-31-32-50(55-49)38-18-12-16-36(34-38)42-26-14-28-46-44-24-8-10-30-48(44)54(52(42)46)40-21-5-2-6-22-40/h1-21,23-34,40H,22H2. The molecule has 3 aromatic heterocycles. The third-order valence-electron chi connectivity index (χ3n) is 11.3. The van der Waals surface area contributed by atoms with Gasteiger partial charge in [0, 0.05) is 53.6 Å². The maximum atomic E-state index is 2.56. The maximum absolute atomic E-state index is 2.56. The van der Waals surface area contributed by atoms with Gasteiger partial charge in [-0.05, 0) is 77.2 Å². The fourth-order valence-electron chi connectivity index (χ4n) is 8.81. The van der Waals surface area contributed by atoms with Crippen molar-refractivity contribution in [1.29, 1.82) is 0 Å².